The summed E-state index contributed by atoms with van der Waals surface area (Å²) in [4.78, 5) is 4.10. The SMILES string of the molecule is Brc1ccc(CCCn2cc(-c3cccnc3)nn2)cc1. The van der Waals surface area contributed by atoms with Crippen LogP contribution in [0.15, 0.2) is 59.5 Å². The van der Waals surface area contributed by atoms with E-state index in [1.54, 1.807) is 12.4 Å². The molecule has 0 saturated heterocycles. The van der Waals surface area contributed by atoms with Gasteiger partial charge in [-0.15, -0.1) is 5.10 Å². The number of hydrogen-bond acceptors (Lipinski definition) is 3. The number of nitrogens with zero attached hydrogens (tertiary/aromatic N) is 4. The van der Waals surface area contributed by atoms with E-state index < -0.39 is 0 Å². The molecule has 3 rings (SSSR count). The molecule has 0 N–H and O–H groups in total. The Morgan fingerprint density at radius 3 is 2.71 bits per heavy atom. The van der Waals surface area contributed by atoms with Gasteiger partial charge in [-0.1, -0.05) is 33.3 Å². The molecule has 0 atom stereocenters. The summed E-state index contributed by atoms with van der Waals surface area (Å²) in [5.74, 6) is 0. The molecule has 0 radical (unpaired) electrons. The van der Waals surface area contributed by atoms with Crippen molar-refractivity contribution in [2.75, 3.05) is 0 Å². The molecule has 21 heavy (non-hydrogen) atoms. The van der Waals surface area contributed by atoms with Crippen molar-refractivity contribution in [1.29, 1.82) is 0 Å². The highest BCUT2D eigenvalue weighted by Crippen LogP contribution is 2.15. The van der Waals surface area contributed by atoms with Gasteiger partial charge in [0, 0.05) is 29.0 Å². The molecule has 0 bridgehead atoms. The topological polar surface area (TPSA) is 43.6 Å². The minimum Gasteiger partial charge on any atom is -0.264 e. The van der Waals surface area contributed by atoms with Crippen LogP contribution in [0, 0.1) is 0 Å². The van der Waals surface area contributed by atoms with Crippen molar-refractivity contribution in [1.82, 2.24) is 20.0 Å². The third-order valence-corrected chi connectivity index (χ3v) is 3.79. The maximum Gasteiger partial charge on any atom is 0.114 e. The van der Waals surface area contributed by atoms with Crippen LogP contribution in [-0.2, 0) is 13.0 Å². The first-order chi connectivity index (χ1) is 10.3. The fraction of sp³-hybridized carbons (Fsp3) is 0.188. The Morgan fingerprint density at radius 2 is 1.95 bits per heavy atom. The normalized spacial score (nSPS) is 10.7. The summed E-state index contributed by atoms with van der Waals surface area (Å²) in [6.07, 6.45) is 7.60. The van der Waals surface area contributed by atoms with Gasteiger partial charge in [0.1, 0.15) is 5.69 Å². The summed E-state index contributed by atoms with van der Waals surface area (Å²) >= 11 is 3.45. The number of aromatic nitrogens is 4. The van der Waals surface area contributed by atoms with Gasteiger partial charge in [0.05, 0.1) is 6.20 Å². The van der Waals surface area contributed by atoms with E-state index in [-0.39, 0.29) is 0 Å². The van der Waals surface area contributed by atoms with E-state index in [0.29, 0.717) is 0 Å². The summed E-state index contributed by atoms with van der Waals surface area (Å²) in [5, 5.41) is 8.36. The lowest BCUT2D eigenvalue weighted by atomic mass is 10.1. The number of benzene rings is 1. The van der Waals surface area contributed by atoms with E-state index in [1.807, 2.05) is 23.0 Å². The minimum atomic E-state index is 0.864. The highest BCUT2D eigenvalue weighted by atomic mass is 79.9. The second kappa shape index (κ2) is 6.63. The molecule has 4 nitrogen and oxygen atoms in total. The third-order valence-electron chi connectivity index (χ3n) is 3.26. The molecular weight excluding hydrogens is 328 g/mol. The first kappa shape index (κ1) is 13.9. The standard InChI is InChI=1S/C16H15BrN4/c17-15-7-5-13(6-8-15)3-2-10-21-12-16(19-20-21)14-4-1-9-18-11-14/h1,4-9,11-12H,2-3,10H2. The van der Waals surface area contributed by atoms with Crippen LogP contribution in [0.25, 0.3) is 11.3 Å². The third kappa shape index (κ3) is 3.76. The van der Waals surface area contributed by atoms with Crippen LogP contribution in [-0.4, -0.2) is 20.0 Å². The van der Waals surface area contributed by atoms with Crippen molar-refractivity contribution in [2.24, 2.45) is 0 Å². The summed E-state index contributed by atoms with van der Waals surface area (Å²) in [7, 11) is 0. The van der Waals surface area contributed by atoms with Gasteiger partial charge >= 0.3 is 0 Å². The highest BCUT2D eigenvalue weighted by molar-refractivity contribution is 9.10. The molecule has 2 heterocycles. The molecule has 0 amide bonds. The molecule has 1 aromatic carbocycles. The fourth-order valence-electron chi connectivity index (χ4n) is 2.15. The van der Waals surface area contributed by atoms with Crippen molar-refractivity contribution in [3.63, 3.8) is 0 Å². The summed E-state index contributed by atoms with van der Waals surface area (Å²) in [6.45, 7) is 0.864. The Labute approximate surface area is 132 Å². The molecule has 0 unspecified atom stereocenters. The van der Waals surface area contributed by atoms with Crippen LogP contribution in [0.5, 0.6) is 0 Å². The molecule has 0 fully saturated rings. The van der Waals surface area contributed by atoms with Gasteiger partial charge in [-0.2, -0.15) is 0 Å². The molecule has 5 heteroatoms. The molecule has 0 aliphatic rings. The van der Waals surface area contributed by atoms with Gasteiger partial charge in [-0.25, -0.2) is 0 Å². The molecule has 0 spiro atoms. The lowest BCUT2D eigenvalue weighted by molar-refractivity contribution is 0.559. The van der Waals surface area contributed by atoms with Crippen LogP contribution in [0.2, 0.25) is 0 Å². The van der Waals surface area contributed by atoms with Gasteiger partial charge in [0.25, 0.3) is 0 Å². The molecule has 106 valence electrons. The van der Waals surface area contributed by atoms with Gasteiger partial charge in [-0.3, -0.25) is 9.67 Å². The first-order valence-corrected chi connectivity index (χ1v) is 7.65. The Hall–Kier alpha value is -2.01. The van der Waals surface area contributed by atoms with Crippen molar-refractivity contribution in [3.05, 3.63) is 65.0 Å². The van der Waals surface area contributed by atoms with E-state index in [1.165, 1.54) is 5.56 Å². The predicted molar refractivity (Wildman–Crippen MR) is 85.7 cm³/mol. The van der Waals surface area contributed by atoms with E-state index in [9.17, 15) is 0 Å². The second-order valence-electron chi connectivity index (χ2n) is 4.84. The van der Waals surface area contributed by atoms with Gasteiger partial charge in [0.15, 0.2) is 0 Å². The maximum absolute atomic E-state index is 4.19. The minimum absolute atomic E-state index is 0.864. The molecule has 0 aliphatic heterocycles. The van der Waals surface area contributed by atoms with E-state index in [4.69, 9.17) is 0 Å². The van der Waals surface area contributed by atoms with Crippen LogP contribution >= 0.6 is 15.9 Å². The van der Waals surface area contributed by atoms with Crippen LogP contribution in [0.3, 0.4) is 0 Å². The zero-order chi connectivity index (χ0) is 14.5. The molecular formula is C16H15BrN4. The summed E-state index contributed by atoms with van der Waals surface area (Å²) in [5.41, 5.74) is 3.20. The second-order valence-corrected chi connectivity index (χ2v) is 5.75. The van der Waals surface area contributed by atoms with E-state index >= 15 is 0 Å². The van der Waals surface area contributed by atoms with Crippen LogP contribution in [0.1, 0.15) is 12.0 Å². The zero-order valence-corrected chi connectivity index (χ0v) is 13.1. The van der Waals surface area contributed by atoms with Crippen LogP contribution < -0.4 is 0 Å². The van der Waals surface area contributed by atoms with Crippen molar-refractivity contribution < 1.29 is 0 Å². The van der Waals surface area contributed by atoms with Crippen LogP contribution in [0.4, 0.5) is 0 Å². The summed E-state index contributed by atoms with van der Waals surface area (Å²) in [6, 6.07) is 12.3. The summed E-state index contributed by atoms with van der Waals surface area (Å²) < 4.78 is 3.00. The fourth-order valence-corrected chi connectivity index (χ4v) is 2.41. The average Bonchev–Trinajstić information content (AvgIpc) is 2.99. The Balaban J connectivity index is 1.57. The first-order valence-electron chi connectivity index (χ1n) is 6.86. The van der Waals surface area contributed by atoms with E-state index in [0.717, 1.165) is 35.1 Å². The van der Waals surface area contributed by atoms with Gasteiger partial charge < -0.3 is 0 Å². The van der Waals surface area contributed by atoms with E-state index in [2.05, 4.69) is 55.5 Å². The molecule has 0 saturated carbocycles. The Morgan fingerprint density at radius 1 is 1.10 bits per heavy atom. The molecule has 0 aliphatic carbocycles. The van der Waals surface area contributed by atoms with Crippen molar-refractivity contribution >= 4 is 15.9 Å². The molecule has 2 aromatic heterocycles. The number of halogens is 1. The maximum atomic E-state index is 4.19. The largest absolute Gasteiger partial charge is 0.264 e. The monoisotopic (exact) mass is 342 g/mol. The lowest BCUT2D eigenvalue weighted by Gasteiger charge is -2.02. The highest BCUT2D eigenvalue weighted by Gasteiger charge is 2.03. The molecule has 3 aromatic rings. The number of rotatable bonds is 5. The Bertz CT molecular complexity index is 692. The number of hydrogen-bond donors (Lipinski definition) is 0. The van der Waals surface area contributed by atoms with Gasteiger partial charge in [-0.05, 0) is 42.7 Å². The Kier molecular flexibility index (Phi) is 4.40. The zero-order valence-electron chi connectivity index (χ0n) is 11.5. The average molecular weight is 343 g/mol. The quantitative estimate of drug-likeness (QED) is 0.709. The van der Waals surface area contributed by atoms with Crippen molar-refractivity contribution in [3.8, 4) is 11.3 Å². The smallest absolute Gasteiger partial charge is 0.114 e. The number of aryl methyl sites for hydroxylation is 2. The van der Waals surface area contributed by atoms with Gasteiger partial charge in [0.2, 0.25) is 0 Å². The van der Waals surface area contributed by atoms with Crippen molar-refractivity contribution in [2.45, 2.75) is 19.4 Å². The predicted octanol–water partition coefficient (Wildman–Crippen LogP) is 3.74. The lowest BCUT2D eigenvalue weighted by Crippen LogP contribution is -2.00. The number of pyridine rings is 1.